The molecule has 6 nitrogen and oxygen atoms in total. The van der Waals surface area contributed by atoms with Crippen molar-refractivity contribution < 1.29 is 18.7 Å². The summed E-state index contributed by atoms with van der Waals surface area (Å²) in [7, 11) is 0. The summed E-state index contributed by atoms with van der Waals surface area (Å²) in [6.07, 6.45) is 2.30. The van der Waals surface area contributed by atoms with Crippen LogP contribution in [0.15, 0.2) is 36.5 Å². The number of benzene rings is 1. The number of halogens is 1. The number of aromatic nitrogens is 1. The molecule has 0 aliphatic carbocycles. The molecule has 1 N–H and O–H groups in total. The molecule has 28 heavy (non-hydrogen) atoms. The number of pyridine rings is 1. The van der Waals surface area contributed by atoms with Crippen molar-refractivity contribution in [3.05, 3.63) is 47.9 Å². The Balaban J connectivity index is 1.58. The molecule has 0 radical (unpaired) electrons. The van der Waals surface area contributed by atoms with E-state index in [-0.39, 0.29) is 23.9 Å². The fraction of sp³-hybridized carbons (Fsp3) is 0.429. The number of hydrogen-bond acceptors (Lipinski definition) is 5. The van der Waals surface area contributed by atoms with Crippen LogP contribution in [0.3, 0.4) is 0 Å². The number of anilines is 1. The molecule has 3 rings (SSSR count). The standard InChI is InChI=1S/C21H26FN3O3/c1-4-27-19-11-20(22)21(23-12-19)25-10-9-18(13-25)28-17-7-5-16(6-8-17)14(2)24-15(3)26/h5-8,11-12,14,18H,4,9-10,13H2,1-3H3,(H,24,26)/t14-,18+/m0/s1. The smallest absolute Gasteiger partial charge is 0.217 e. The SMILES string of the molecule is CCOc1cnc(N2CC[C@@H](Oc3ccc([C@H](C)NC(C)=O)cc3)C2)c(F)c1. The van der Waals surface area contributed by atoms with Crippen molar-refractivity contribution in [3.63, 3.8) is 0 Å². The van der Waals surface area contributed by atoms with Crippen molar-refractivity contribution in [3.8, 4) is 11.5 Å². The van der Waals surface area contributed by atoms with Crippen molar-refractivity contribution in [2.75, 3.05) is 24.6 Å². The van der Waals surface area contributed by atoms with E-state index in [2.05, 4.69) is 10.3 Å². The summed E-state index contributed by atoms with van der Waals surface area (Å²) in [6.45, 7) is 7.01. The van der Waals surface area contributed by atoms with E-state index < -0.39 is 0 Å². The fourth-order valence-electron chi connectivity index (χ4n) is 3.32. The van der Waals surface area contributed by atoms with Gasteiger partial charge in [0.15, 0.2) is 11.6 Å². The van der Waals surface area contributed by atoms with E-state index in [4.69, 9.17) is 9.47 Å². The Morgan fingerprint density at radius 2 is 2.11 bits per heavy atom. The quantitative estimate of drug-likeness (QED) is 0.788. The van der Waals surface area contributed by atoms with Crippen LogP contribution in [0.25, 0.3) is 0 Å². The highest BCUT2D eigenvalue weighted by Crippen LogP contribution is 2.27. The van der Waals surface area contributed by atoms with Gasteiger partial charge in [-0.05, 0) is 31.5 Å². The molecule has 2 atom stereocenters. The van der Waals surface area contributed by atoms with E-state index in [0.29, 0.717) is 31.3 Å². The summed E-state index contributed by atoms with van der Waals surface area (Å²) in [4.78, 5) is 17.3. The molecule has 1 amide bonds. The van der Waals surface area contributed by atoms with E-state index >= 15 is 0 Å². The second kappa shape index (κ2) is 8.91. The number of ether oxygens (including phenoxy) is 2. The molecule has 0 saturated carbocycles. The van der Waals surface area contributed by atoms with Gasteiger partial charge in [-0.2, -0.15) is 0 Å². The largest absolute Gasteiger partial charge is 0.492 e. The van der Waals surface area contributed by atoms with Crippen LogP contribution in [-0.2, 0) is 4.79 Å². The lowest BCUT2D eigenvalue weighted by Crippen LogP contribution is -2.26. The first-order chi connectivity index (χ1) is 13.5. The second-order valence-corrected chi connectivity index (χ2v) is 6.88. The zero-order chi connectivity index (χ0) is 20.1. The molecule has 0 bridgehead atoms. The molecule has 2 aromatic rings. The van der Waals surface area contributed by atoms with E-state index in [1.807, 2.05) is 43.0 Å². The summed E-state index contributed by atoms with van der Waals surface area (Å²) in [5.74, 6) is 1.07. The van der Waals surface area contributed by atoms with Crippen LogP contribution in [0.1, 0.15) is 38.8 Å². The molecule has 2 heterocycles. The minimum atomic E-state index is -0.386. The maximum absolute atomic E-state index is 14.3. The zero-order valence-corrected chi connectivity index (χ0v) is 16.4. The summed E-state index contributed by atoms with van der Waals surface area (Å²) < 4.78 is 25.7. The van der Waals surface area contributed by atoms with Gasteiger partial charge < -0.3 is 19.7 Å². The number of nitrogens with zero attached hydrogens (tertiary/aromatic N) is 2. The third-order valence-corrected chi connectivity index (χ3v) is 4.65. The molecule has 1 aliphatic rings. The monoisotopic (exact) mass is 387 g/mol. The highest BCUT2D eigenvalue weighted by atomic mass is 19.1. The normalized spacial score (nSPS) is 17.3. The molecule has 1 aromatic heterocycles. The van der Waals surface area contributed by atoms with Gasteiger partial charge in [-0.15, -0.1) is 0 Å². The van der Waals surface area contributed by atoms with Crippen molar-refractivity contribution in [1.29, 1.82) is 0 Å². The topological polar surface area (TPSA) is 63.7 Å². The van der Waals surface area contributed by atoms with Gasteiger partial charge in [0.05, 0.1) is 25.4 Å². The number of amides is 1. The lowest BCUT2D eigenvalue weighted by atomic mass is 10.1. The van der Waals surface area contributed by atoms with Gasteiger partial charge in [0.1, 0.15) is 17.6 Å². The lowest BCUT2D eigenvalue weighted by Gasteiger charge is -2.19. The van der Waals surface area contributed by atoms with E-state index in [1.54, 1.807) is 6.20 Å². The first-order valence-corrected chi connectivity index (χ1v) is 9.53. The zero-order valence-electron chi connectivity index (χ0n) is 16.4. The first-order valence-electron chi connectivity index (χ1n) is 9.53. The van der Waals surface area contributed by atoms with Crippen LogP contribution in [0.5, 0.6) is 11.5 Å². The average Bonchev–Trinajstić information content (AvgIpc) is 3.10. The van der Waals surface area contributed by atoms with Gasteiger partial charge in [-0.3, -0.25) is 4.79 Å². The van der Waals surface area contributed by atoms with Gasteiger partial charge in [0.2, 0.25) is 5.91 Å². The Hall–Kier alpha value is -2.83. The number of carbonyl (C=O) groups excluding carboxylic acids is 1. The predicted octanol–water partition coefficient (Wildman–Crippen LogP) is 3.47. The van der Waals surface area contributed by atoms with Crippen LogP contribution in [0.4, 0.5) is 10.2 Å². The summed E-state index contributed by atoms with van der Waals surface area (Å²) in [5.41, 5.74) is 1.01. The Morgan fingerprint density at radius 3 is 2.75 bits per heavy atom. The minimum absolute atomic E-state index is 0.0358. The van der Waals surface area contributed by atoms with Gasteiger partial charge in [-0.1, -0.05) is 12.1 Å². The third-order valence-electron chi connectivity index (χ3n) is 4.65. The molecule has 1 saturated heterocycles. The van der Waals surface area contributed by atoms with Crippen LogP contribution in [-0.4, -0.2) is 36.7 Å². The number of rotatable bonds is 7. The molecular weight excluding hydrogens is 361 g/mol. The van der Waals surface area contributed by atoms with Gasteiger partial charge in [-0.25, -0.2) is 9.37 Å². The lowest BCUT2D eigenvalue weighted by molar-refractivity contribution is -0.119. The Morgan fingerprint density at radius 1 is 1.36 bits per heavy atom. The summed E-state index contributed by atoms with van der Waals surface area (Å²) in [5, 5.41) is 2.85. The third kappa shape index (κ3) is 4.91. The van der Waals surface area contributed by atoms with Gasteiger partial charge >= 0.3 is 0 Å². The Kier molecular flexibility index (Phi) is 6.34. The molecule has 1 fully saturated rings. The Bertz CT molecular complexity index is 813. The van der Waals surface area contributed by atoms with Gasteiger partial charge in [0, 0.05) is 26.0 Å². The summed E-state index contributed by atoms with van der Waals surface area (Å²) in [6, 6.07) is 8.99. The number of carbonyl (C=O) groups is 1. The van der Waals surface area contributed by atoms with Crippen LogP contribution < -0.4 is 19.7 Å². The van der Waals surface area contributed by atoms with Crippen molar-refractivity contribution in [1.82, 2.24) is 10.3 Å². The molecule has 150 valence electrons. The van der Waals surface area contributed by atoms with Crippen molar-refractivity contribution in [2.24, 2.45) is 0 Å². The fourth-order valence-corrected chi connectivity index (χ4v) is 3.32. The predicted molar refractivity (Wildman–Crippen MR) is 105 cm³/mol. The number of nitrogens with one attached hydrogen (secondary N) is 1. The molecule has 1 aromatic carbocycles. The maximum Gasteiger partial charge on any atom is 0.217 e. The highest BCUT2D eigenvalue weighted by molar-refractivity contribution is 5.73. The molecule has 7 heteroatoms. The molecule has 0 spiro atoms. The van der Waals surface area contributed by atoms with Crippen LogP contribution in [0.2, 0.25) is 0 Å². The molecule has 0 unspecified atom stereocenters. The Labute approximate surface area is 164 Å². The van der Waals surface area contributed by atoms with E-state index in [9.17, 15) is 9.18 Å². The maximum atomic E-state index is 14.3. The second-order valence-electron chi connectivity index (χ2n) is 6.88. The van der Waals surface area contributed by atoms with Crippen LogP contribution >= 0.6 is 0 Å². The van der Waals surface area contributed by atoms with E-state index in [0.717, 1.165) is 17.7 Å². The highest BCUT2D eigenvalue weighted by Gasteiger charge is 2.27. The molecule has 1 aliphatic heterocycles. The number of hydrogen-bond donors (Lipinski definition) is 1. The van der Waals surface area contributed by atoms with Crippen molar-refractivity contribution >= 4 is 11.7 Å². The van der Waals surface area contributed by atoms with Crippen LogP contribution in [0, 0.1) is 5.82 Å². The average molecular weight is 387 g/mol. The van der Waals surface area contributed by atoms with Gasteiger partial charge in [0.25, 0.3) is 0 Å². The van der Waals surface area contributed by atoms with Crippen molar-refractivity contribution in [2.45, 2.75) is 39.3 Å². The van der Waals surface area contributed by atoms with E-state index in [1.165, 1.54) is 13.0 Å². The minimum Gasteiger partial charge on any atom is -0.492 e. The molecular formula is C21H26FN3O3. The first kappa shape index (κ1) is 19.9. The summed E-state index contributed by atoms with van der Waals surface area (Å²) >= 11 is 0.